The minimum Gasteiger partial charge on any atom is -0.378 e. The Balaban J connectivity index is 2.11. The zero-order chi connectivity index (χ0) is 11.7. The number of nitrogens with zero attached hydrogens (tertiary/aromatic N) is 1. The van der Waals surface area contributed by atoms with E-state index in [2.05, 4.69) is 30.3 Å². The summed E-state index contributed by atoms with van der Waals surface area (Å²) >= 11 is 5.34. The number of H-pyrrole nitrogens is 1. The molecule has 16 heavy (non-hydrogen) atoms. The van der Waals surface area contributed by atoms with Gasteiger partial charge in [0.15, 0.2) is 4.77 Å². The molecule has 1 aromatic rings. The van der Waals surface area contributed by atoms with E-state index < -0.39 is 0 Å². The van der Waals surface area contributed by atoms with Crippen molar-refractivity contribution in [3.63, 3.8) is 0 Å². The van der Waals surface area contributed by atoms with Crippen LogP contribution in [0.2, 0.25) is 0 Å². The lowest BCUT2D eigenvalue weighted by atomic mass is 9.88. The minimum atomic E-state index is 0.437. The van der Waals surface area contributed by atoms with Crippen molar-refractivity contribution in [3.8, 4) is 0 Å². The number of nitrogens with one attached hydrogen (secondary N) is 1. The van der Waals surface area contributed by atoms with Gasteiger partial charge >= 0.3 is 0 Å². The summed E-state index contributed by atoms with van der Waals surface area (Å²) in [5, 5.41) is 0. The van der Waals surface area contributed by atoms with Crippen molar-refractivity contribution in [2.45, 2.75) is 51.7 Å². The Kier molecular flexibility index (Phi) is 3.50. The second kappa shape index (κ2) is 4.72. The molecule has 1 N–H and O–H groups in total. The van der Waals surface area contributed by atoms with E-state index in [4.69, 9.17) is 17.0 Å². The molecule has 1 heterocycles. The van der Waals surface area contributed by atoms with Crippen molar-refractivity contribution in [1.82, 2.24) is 9.55 Å². The van der Waals surface area contributed by atoms with Gasteiger partial charge in [0, 0.05) is 24.5 Å². The monoisotopic (exact) mass is 240 g/mol. The van der Waals surface area contributed by atoms with Gasteiger partial charge in [-0.15, -0.1) is 0 Å². The second-order valence-electron chi connectivity index (χ2n) is 4.75. The molecular weight excluding hydrogens is 220 g/mol. The van der Waals surface area contributed by atoms with Crippen LogP contribution in [0.5, 0.6) is 0 Å². The topological polar surface area (TPSA) is 29.9 Å². The maximum absolute atomic E-state index is 5.59. The third-order valence-electron chi connectivity index (χ3n) is 3.27. The Hall–Kier alpha value is -0.610. The summed E-state index contributed by atoms with van der Waals surface area (Å²) in [6.45, 7) is 7.27. The number of hydrogen-bond acceptors (Lipinski definition) is 2. The highest BCUT2D eigenvalue weighted by Crippen LogP contribution is 2.36. The van der Waals surface area contributed by atoms with Crippen molar-refractivity contribution in [2.75, 3.05) is 6.61 Å². The van der Waals surface area contributed by atoms with Gasteiger partial charge in [-0.3, -0.25) is 0 Å². The molecule has 90 valence electrons. The highest BCUT2D eigenvalue weighted by Gasteiger charge is 2.32. The molecule has 2 rings (SSSR count). The van der Waals surface area contributed by atoms with Crippen LogP contribution < -0.4 is 0 Å². The van der Waals surface area contributed by atoms with Gasteiger partial charge in [-0.1, -0.05) is 13.8 Å². The molecule has 1 saturated carbocycles. The van der Waals surface area contributed by atoms with E-state index >= 15 is 0 Å². The van der Waals surface area contributed by atoms with Gasteiger partial charge in [-0.05, 0) is 37.9 Å². The van der Waals surface area contributed by atoms with E-state index in [1.54, 1.807) is 0 Å². The third-order valence-corrected chi connectivity index (χ3v) is 3.58. The second-order valence-corrected chi connectivity index (χ2v) is 5.13. The number of hydrogen-bond donors (Lipinski definition) is 1. The molecule has 0 aliphatic heterocycles. The summed E-state index contributed by atoms with van der Waals surface area (Å²) in [6, 6.07) is 0.535. The number of rotatable bonds is 4. The van der Waals surface area contributed by atoms with Crippen LogP contribution in [0.25, 0.3) is 0 Å². The van der Waals surface area contributed by atoms with Gasteiger partial charge in [0.2, 0.25) is 0 Å². The molecule has 0 spiro atoms. The smallest absolute Gasteiger partial charge is 0.177 e. The summed E-state index contributed by atoms with van der Waals surface area (Å²) in [4.78, 5) is 3.15. The summed E-state index contributed by atoms with van der Waals surface area (Å²) < 4.78 is 8.71. The van der Waals surface area contributed by atoms with E-state index in [1.807, 2.05) is 6.20 Å². The van der Waals surface area contributed by atoms with Crippen LogP contribution in [0, 0.1) is 4.77 Å². The fourth-order valence-electron chi connectivity index (χ4n) is 2.33. The molecular formula is C12H20N2OS. The van der Waals surface area contributed by atoms with Gasteiger partial charge in [0.1, 0.15) is 0 Å². The Morgan fingerprint density at radius 3 is 2.81 bits per heavy atom. The molecule has 0 radical (unpaired) electrons. The Morgan fingerprint density at radius 2 is 2.25 bits per heavy atom. The fourth-order valence-corrected chi connectivity index (χ4v) is 2.65. The first-order valence-corrected chi connectivity index (χ1v) is 6.45. The van der Waals surface area contributed by atoms with Gasteiger partial charge in [-0.2, -0.15) is 0 Å². The van der Waals surface area contributed by atoms with E-state index in [0.29, 0.717) is 18.1 Å². The first kappa shape index (κ1) is 11.9. The van der Waals surface area contributed by atoms with Crippen LogP contribution in [0.1, 0.15) is 51.3 Å². The lowest BCUT2D eigenvalue weighted by Gasteiger charge is -2.37. The van der Waals surface area contributed by atoms with Crippen molar-refractivity contribution >= 4 is 12.2 Å². The average Bonchev–Trinajstić information content (AvgIpc) is 2.53. The van der Waals surface area contributed by atoms with Crippen LogP contribution in [0.4, 0.5) is 0 Å². The predicted molar refractivity (Wildman–Crippen MR) is 67.4 cm³/mol. The molecule has 3 nitrogen and oxygen atoms in total. The maximum Gasteiger partial charge on any atom is 0.177 e. The van der Waals surface area contributed by atoms with Gasteiger partial charge in [0.05, 0.1) is 6.10 Å². The first-order chi connectivity index (χ1) is 7.63. The van der Waals surface area contributed by atoms with Crippen LogP contribution in [0.3, 0.4) is 0 Å². The summed E-state index contributed by atoms with van der Waals surface area (Å²) in [7, 11) is 0. The SMILES string of the molecule is CCOC1CC(n2c(C(C)C)c[nH]c2=S)C1. The third kappa shape index (κ3) is 2.09. The number of imidazole rings is 1. The predicted octanol–water partition coefficient (Wildman–Crippen LogP) is 3.41. The quantitative estimate of drug-likeness (QED) is 0.817. The number of aromatic amines is 1. The summed E-state index contributed by atoms with van der Waals surface area (Å²) in [6.07, 6.45) is 4.67. The molecule has 0 saturated heterocycles. The molecule has 0 bridgehead atoms. The van der Waals surface area contributed by atoms with E-state index in [1.165, 1.54) is 5.69 Å². The number of aromatic nitrogens is 2. The Labute approximate surface area is 102 Å². The van der Waals surface area contributed by atoms with Crippen molar-refractivity contribution in [3.05, 3.63) is 16.7 Å². The van der Waals surface area contributed by atoms with Crippen molar-refractivity contribution < 1.29 is 4.74 Å². The first-order valence-electron chi connectivity index (χ1n) is 6.04. The highest BCUT2D eigenvalue weighted by atomic mass is 32.1. The van der Waals surface area contributed by atoms with Crippen molar-refractivity contribution in [2.24, 2.45) is 0 Å². The molecule has 1 aromatic heterocycles. The fraction of sp³-hybridized carbons (Fsp3) is 0.750. The van der Waals surface area contributed by atoms with Crippen LogP contribution >= 0.6 is 12.2 Å². The molecule has 0 atom stereocenters. The zero-order valence-corrected chi connectivity index (χ0v) is 11.0. The highest BCUT2D eigenvalue weighted by molar-refractivity contribution is 7.71. The van der Waals surface area contributed by atoms with E-state index in [0.717, 1.165) is 24.2 Å². The normalized spacial score (nSPS) is 24.8. The maximum atomic E-state index is 5.59. The molecule has 1 fully saturated rings. The standard InChI is InChI=1S/C12H20N2OS/c1-4-15-10-5-9(6-10)14-11(8(2)3)7-13-12(14)16/h7-10H,4-6H2,1-3H3,(H,13,16). The van der Waals surface area contributed by atoms with Crippen LogP contribution in [-0.2, 0) is 4.74 Å². The average molecular weight is 240 g/mol. The summed E-state index contributed by atoms with van der Waals surface area (Å²) in [5.74, 6) is 0.513. The lowest BCUT2D eigenvalue weighted by Crippen LogP contribution is -2.34. The minimum absolute atomic E-state index is 0.437. The molecule has 4 heteroatoms. The van der Waals surface area contributed by atoms with Crippen LogP contribution in [0.15, 0.2) is 6.20 Å². The van der Waals surface area contributed by atoms with Crippen LogP contribution in [-0.4, -0.2) is 22.3 Å². The Morgan fingerprint density at radius 1 is 1.56 bits per heavy atom. The largest absolute Gasteiger partial charge is 0.378 e. The molecule has 1 aliphatic rings. The zero-order valence-electron chi connectivity index (χ0n) is 10.2. The molecule has 0 unspecified atom stereocenters. The Bertz CT molecular complexity index is 401. The van der Waals surface area contributed by atoms with Gasteiger partial charge in [0.25, 0.3) is 0 Å². The van der Waals surface area contributed by atoms with Gasteiger partial charge < -0.3 is 14.3 Å². The molecule has 0 aromatic carbocycles. The molecule has 0 amide bonds. The van der Waals surface area contributed by atoms with E-state index in [9.17, 15) is 0 Å². The number of ether oxygens (including phenoxy) is 1. The van der Waals surface area contributed by atoms with Gasteiger partial charge in [-0.25, -0.2) is 0 Å². The lowest BCUT2D eigenvalue weighted by molar-refractivity contribution is -0.0207. The van der Waals surface area contributed by atoms with E-state index in [-0.39, 0.29) is 0 Å². The molecule has 1 aliphatic carbocycles. The summed E-state index contributed by atoms with van der Waals surface area (Å²) in [5.41, 5.74) is 1.31. The van der Waals surface area contributed by atoms with Crippen molar-refractivity contribution in [1.29, 1.82) is 0 Å².